The van der Waals surface area contributed by atoms with Crippen LogP contribution in [-0.2, 0) is 19.5 Å². The van der Waals surface area contributed by atoms with Crippen LogP contribution >= 0.6 is 0 Å². The molecule has 3 rings (SSSR count). The van der Waals surface area contributed by atoms with Gasteiger partial charge in [0.15, 0.2) is 0 Å². The average Bonchev–Trinajstić information content (AvgIpc) is 2.48. The Kier molecular flexibility index (Phi) is 4.09. The second kappa shape index (κ2) is 6.16. The lowest BCUT2D eigenvalue weighted by Gasteiger charge is -2.29. The maximum absolute atomic E-state index is 4.17. The second-order valence-electron chi connectivity index (χ2n) is 5.61. The number of nitrogens with zero attached hydrogens (tertiary/aromatic N) is 2. The Bertz CT molecular complexity index is 553. The highest BCUT2D eigenvalue weighted by Gasteiger charge is 2.18. The number of aromatic nitrogens is 1. The van der Waals surface area contributed by atoms with Crippen LogP contribution in [0.25, 0.3) is 0 Å². The molecule has 0 radical (unpaired) electrons. The third-order valence-electron chi connectivity index (χ3n) is 3.87. The molecule has 104 valence electrons. The number of pyridine rings is 1. The first-order chi connectivity index (χ1) is 9.81. The number of hydrogen-bond donors (Lipinski definition) is 1. The molecule has 3 heteroatoms. The largest absolute Gasteiger partial charge is 0.308 e. The van der Waals surface area contributed by atoms with E-state index < -0.39 is 0 Å². The Balaban J connectivity index is 1.57. The van der Waals surface area contributed by atoms with Crippen molar-refractivity contribution in [1.82, 2.24) is 15.2 Å². The molecular formula is C17H21N3. The van der Waals surface area contributed by atoms with Gasteiger partial charge < -0.3 is 10.2 Å². The summed E-state index contributed by atoms with van der Waals surface area (Å²) in [7, 11) is 2.18. The molecule has 0 aliphatic carbocycles. The third kappa shape index (κ3) is 3.24. The van der Waals surface area contributed by atoms with E-state index >= 15 is 0 Å². The zero-order chi connectivity index (χ0) is 13.8. The lowest BCUT2D eigenvalue weighted by Crippen LogP contribution is -2.43. The Morgan fingerprint density at radius 3 is 2.85 bits per heavy atom. The smallest absolute Gasteiger partial charge is 0.0312 e. The molecule has 0 amide bonds. The highest BCUT2D eigenvalue weighted by Crippen LogP contribution is 2.16. The summed E-state index contributed by atoms with van der Waals surface area (Å²) < 4.78 is 0. The van der Waals surface area contributed by atoms with Crippen LogP contribution in [0.4, 0.5) is 0 Å². The molecular weight excluding hydrogens is 246 g/mol. The monoisotopic (exact) mass is 267 g/mol. The second-order valence-corrected chi connectivity index (χ2v) is 5.61. The van der Waals surface area contributed by atoms with Gasteiger partial charge >= 0.3 is 0 Å². The minimum Gasteiger partial charge on any atom is -0.308 e. The summed E-state index contributed by atoms with van der Waals surface area (Å²) in [6.07, 6.45) is 4.89. The van der Waals surface area contributed by atoms with Crippen molar-refractivity contribution < 1.29 is 0 Å². The van der Waals surface area contributed by atoms with Gasteiger partial charge in [-0.1, -0.05) is 30.3 Å². The molecule has 1 atom stereocenters. The van der Waals surface area contributed by atoms with E-state index in [4.69, 9.17) is 0 Å². The molecule has 0 saturated heterocycles. The number of hydrogen-bond acceptors (Lipinski definition) is 3. The first-order valence-electron chi connectivity index (χ1n) is 7.19. The summed E-state index contributed by atoms with van der Waals surface area (Å²) >= 11 is 0. The number of rotatable bonds is 4. The molecule has 1 aromatic heterocycles. The van der Waals surface area contributed by atoms with Gasteiger partial charge in [-0.15, -0.1) is 0 Å². The van der Waals surface area contributed by atoms with E-state index in [2.05, 4.69) is 52.6 Å². The van der Waals surface area contributed by atoms with Gasteiger partial charge in [0.25, 0.3) is 0 Å². The first kappa shape index (κ1) is 13.3. The van der Waals surface area contributed by atoms with Gasteiger partial charge in [0, 0.05) is 38.1 Å². The molecule has 1 unspecified atom stereocenters. The molecule has 2 heterocycles. The van der Waals surface area contributed by atoms with Crippen LogP contribution in [-0.4, -0.2) is 29.5 Å². The predicted molar refractivity (Wildman–Crippen MR) is 81.3 cm³/mol. The molecule has 0 saturated carbocycles. The van der Waals surface area contributed by atoms with Crippen LogP contribution in [0.3, 0.4) is 0 Å². The van der Waals surface area contributed by atoms with E-state index in [-0.39, 0.29) is 0 Å². The van der Waals surface area contributed by atoms with E-state index in [1.165, 1.54) is 16.7 Å². The molecule has 3 nitrogen and oxygen atoms in total. The zero-order valence-electron chi connectivity index (χ0n) is 11.9. The third-order valence-corrected chi connectivity index (χ3v) is 3.87. The van der Waals surface area contributed by atoms with Gasteiger partial charge in [0.2, 0.25) is 0 Å². The molecule has 0 fully saturated rings. The highest BCUT2D eigenvalue weighted by atomic mass is 15.1. The van der Waals surface area contributed by atoms with Crippen LogP contribution in [0.2, 0.25) is 0 Å². The molecule has 1 aromatic carbocycles. The van der Waals surface area contributed by atoms with Crippen molar-refractivity contribution in [3.8, 4) is 0 Å². The van der Waals surface area contributed by atoms with Crippen molar-refractivity contribution in [3.05, 3.63) is 65.5 Å². The lowest BCUT2D eigenvalue weighted by molar-refractivity contribution is 0.273. The zero-order valence-corrected chi connectivity index (χ0v) is 11.9. The minimum absolute atomic E-state index is 0.534. The highest BCUT2D eigenvalue weighted by molar-refractivity contribution is 5.30. The van der Waals surface area contributed by atoms with E-state index in [0.29, 0.717) is 6.04 Å². The first-order valence-corrected chi connectivity index (χ1v) is 7.19. The van der Waals surface area contributed by atoms with Crippen LogP contribution in [0.5, 0.6) is 0 Å². The summed E-state index contributed by atoms with van der Waals surface area (Å²) in [6, 6.07) is 13.4. The maximum atomic E-state index is 4.17. The van der Waals surface area contributed by atoms with Crippen molar-refractivity contribution in [1.29, 1.82) is 0 Å². The maximum Gasteiger partial charge on any atom is 0.0312 e. The number of fused-ring (bicyclic) bond motifs is 1. The van der Waals surface area contributed by atoms with Crippen molar-refractivity contribution in [2.24, 2.45) is 0 Å². The standard InChI is InChI=1S/C17H21N3/c1-20(12-14-5-4-8-18-10-14)13-17-9-15-6-2-3-7-16(15)11-19-17/h2-8,10,17,19H,9,11-13H2,1H3. The van der Waals surface area contributed by atoms with E-state index in [0.717, 1.165) is 26.1 Å². The minimum atomic E-state index is 0.534. The van der Waals surface area contributed by atoms with Crippen molar-refractivity contribution in [2.75, 3.05) is 13.6 Å². The fourth-order valence-electron chi connectivity index (χ4n) is 2.89. The average molecular weight is 267 g/mol. The molecule has 0 bridgehead atoms. The van der Waals surface area contributed by atoms with Crippen molar-refractivity contribution in [2.45, 2.75) is 25.6 Å². The predicted octanol–water partition coefficient (Wildman–Crippen LogP) is 2.23. The van der Waals surface area contributed by atoms with E-state index in [1.54, 1.807) is 0 Å². The normalized spacial score (nSPS) is 18.0. The summed E-state index contributed by atoms with van der Waals surface area (Å²) in [5.41, 5.74) is 4.20. The fraction of sp³-hybridized carbons (Fsp3) is 0.353. The molecule has 1 N–H and O–H groups in total. The Hall–Kier alpha value is -1.71. The van der Waals surface area contributed by atoms with Crippen LogP contribution in [0.15, 0.2) is 48.8 Å². The van der Waals surface area contributed by atoms with Crippen molar-refractivity contribution >= 4 is 0 Å². The summed E-state index contributed by atoms with van der Waals surface area (Å²) in [6.45, 7) is 3.00. The summed E-state index contributed by atoms with van der Waals surface area (Å²) in [5.74, 6) is 0. The Labute approximate surface area is 120 Å². The Morgan fingerprint density at radius 1 is 1.20 bits per heavy atom. The number of likely N-dealkylation sites (N-methyl/N-ethyl adjacent to an activating group) is 1. The van der Waals surface area contributed by atoms with Gasteiger partial charge in [-0.05, 0) is 36.2 Å². The topological polar surface area (TPSA) is 28.2 Å². The summed E-state index contributed by atoms with van der Waals surface area (Å²) in [5, 5.41) is 3.63. The SMILES string of the molecule is CN(Cc1cccnc1)CC1Cc2ccccc2CN1. The fourth-order valence-corrected chi connectivity index (χ4v) is 2.89. The molecule has 20 heavy (non-hydrogen) atoms. The van der Waals surface area contributed by atoms with Gasteiger partial charge in [0.05, 0.1) is 0 Å². The number of nitrogens with one attached hydrogen (secondary N) is 1. The van der Waals surface area contributed by atoms with Crippen molar-refractivity contribution in [3.63, 3.8) is 0 Å². The van der Waals surface area contributed by atoms with E-state index in [9.17, 15) is 0 Å². The number of benzene rings is 1. The van der Waals surface area contributed by atoms with Gasteiger partial charge in [-0.25, -0.2) is 0 Å². The molecule has 0 spiro atoms. The van der Waals surface area contributed by atoms with Crippen LogP contribution < -0.4 is 5.32 Å². The quantitative estimate of drug-likeness (QED) is 0.920. The summed E-state index contributed by atoms with van der Waals surface area (Å²) in [4.78, 5) is 6.54. The molecule has 1 aliphatic rings. The van der Waals surface area contributed by atoms with Gasteiger partial charge in [-0.2, -0.15) is 0 Å². The van der Waals surface area contributed by atoms with Gasteiger partial charge in [-0.3, -0.25) is 4.98 Å². The van der Waals surface area contributed by atoms with E-state index in [1.807, 2.05) is 18.5 Å². The van der Waals surface area contributed by atoms with Crippen LogP contribution in [0, 0.1) is 0 Å². The van der Waals surface area contributed by atoms with Crippen LogP contribution in [0.1, 0.15) is 16.7 Å². The molecule has 2 aromatic rings. The molecule has 1 aliphatic heterocycles. The Morgan fingerprint density at radius 2 is 2.05 bits per heavy atom. The lowest BCUT2D eigenvalue weighted by atomic mass is 9.95. The van der Waals surface area contributed by atoms with Gasteiger partial charge in [0.1, 0.15) is 0 Å².